The number of nitrogens with zero attached hydrogens (tertiary/aromatic N) is 1. The van der Waals surface area contributed by atoms with Crippen molar-refractivity contribution in [1.29, 1.82) is 0 Å². The molecule has 0 fully saturated rings. The summed E-state index contributed by atoms with van der Waals surface area (Å²) in [5.74, 6) is -2.47. The first-order valence-electron chi connectivity index (χ1n) is 8.60. The van der Waals surface area contributed by atoms with E-state index in [0.717, 1.165) is 35.4 Å². The fourth-order valence-corrected chi connectivity index (χ4v) is 3.02. The average molecular weight is 375 g/mol. The number of rotatable bonds is 7. The van der Waals surface area contributed by atoms with Crippen LogP contribution >= 0.6 is 0 Å². The number of benzene rings is 2. The zero-order valence-electron chi connectivity index (χ0n) is 14.6. The molecule has 7 heteroatoms. The van der Waals surface area contributed by atoms with Crippen LogP contribution in [0.4, 0.5) is 8.78 Å². The van der Waals surface area contributed by atoms with Crippen LogP contribution in [0.2, 0.25) is 0 Å². The Morgan fingerprint density at radius 2 is 1.85 bits per heavy atom. The summed E-state index contributed by atoms with van der Waals surface area (Å²) < 4.78 is 32.0. The van der Waals surface area contributed by atoms with E-state index in [1.54, 1.807) is 6.07 Å². The van der Waals surface area contributed by atoms with E-state index < -0.39 is 17.6 Å². The quantitative estimate of drug-likeness (QED) is 0.808. The number of hydrogen-bond acceptors (Lipinski definition) is 3. The van der Waals surface area contributed by atoms with Gasteiger partial charge in [0.25, 0.3) is 0 Å². The second kappa shape index (κ2) is 8.16. The van der Waals surface area contributed by atoms with Crippen LogP contribution in [-0.2, 0) is 29.0 Å². The summed E-state index contributed by atoms with van der Waals surface area (Å²) in [7, 11) is 0. The molecule has 142 valence electrons. The van der Waals surface area contributed by atoms with Crippen molar-refractivity contribution in [3.8, 4) is 5.75 Å². The first kappa shape index (κ1) is 18.8. The van der Waals surface area contributed by atoms with Crippen molar-refractivity contribution in [2.45, 2.75) is 25.8 Å². The van der Waals surface area contributed by atoms with Gasteiger partial charge in [0.15, 0.2) is 11.6 Å². The van der Waals surface area contributed by atoms with Gasteiger partial charge >= 0.3 is 5.97 Å². The summed E-state index contributed by atoms with van der Waals surface area (Å²) in [6.45, 7) is 0.617. The summed E-state index contributed by atoms with van der Waals surface area (Å²) in [4.78, 5) is 25.0. The van der Waals surface area contributed by atoms with Gasteiger partial charge < -0.3 is 14.7 Å². The van der Waals surface area contributed by atoms with E-state index in [2.05, 4.69) is 0 Å². The number of amides is 1. The zero-order chi connectivity index (χ0) is 19.4. The average Bonchev–Trinajstić information content (AvgIpc) is 3.09. The zero-order valence-corrected chi connectivity index (χ0v) is 14.6. The highest BCUT2D eigenvalue weighted by Crippen LogP contribution is 2.26. The molecule has 1 aliphatic rings. The molecule has 0 radical (unpaired) electrons. The SMILES string of the molecule is O=C(O)CCN(Cc1ccc(F)c(F)c1)C(=O)Cc1ccc2c(c1)CCO2. The van der Waals surface area contributed by atoms with Gasteiger partial charge in [0.05, 0.1) is 19.4 Å². The smallest absolute Gasteiger partial charge is 0.305 e. The number of fused-ring (bicyclic) bond motifs is 1. The molecule has 0 spiro atoms. The van der Waals surface area contributed by atoms with Gasteiger partial charge in [-0.25, -0.2) is 8.78 Å². The Kier molecular flexibility index (Phi) is 5.69. The molecule has 1 amide bonds. The molecule has 1 heterocycles. The monoisotopic (exact) mass is 375 g/mol. The van der Waals surface area contributed by atoms with Gasteiger partial charge in [-0.3, -0.25) is 9.59 Å². The molecule has 0 saturated carbocycles. The maximum Gasteiger partial charge on any atom is 0.305 e. The third kappa shape index (κ3) is 4.81. The molecule has 27 heavy (non-hydrogen) atoms. The Bertz CT molecular complexity index is 869. The number of carbonyl (C=O) groups is 2. The number of carboxylic acids is 1. The van der Waals surface area contributed by atoms with Gasteiger partial charge in [0.2, 0.25) is 5.91 Å². The molecule has 0 saturated heterocycles. The summed E-state index contributed by atoms with van der Waals surface area (Å²) in [6, 6.07) is 8.92. The number of ether oxygens (including phenoxy) is 1. The van der Waals surface area contributed by atoms with Gasteiger partial charge in [-0.2, -0.15) is 0 Å². The minimum atomic E-state index is -1.03. The van der Waals surface area contributed by atoms with E-state index in [9.17, 15) is 18.4 Å². The predicted molar refractivity (Wildman–Crippen MR) is 93.4 cm³/mol. The number of halogens is 2. The standard InChI is InChI=1S/C20H19F2NO4/c21-16-3-1-14(10-17(16)22)12-23(7-5-20(25)26)19(24)11-13-2-4-18-15(9-13)6-8-27-18/h1-4,9-10H,5-8,11-12H2,(H,25,26). The molecule has 2 aromatic carbocycles. The largest absolute Gasteiger partial charge is 0.493 e. The minimum absolute atomic E-state index is 0.0113. The Labute approximate surface area is 155 Å². The van der Waals surface area contributed by atoms with Gasteiger partial charge in [-0.15, -0.1) is 0 Å². The summed E-state index contributed by atoms with van der Waals surface area (Å²) in [5, 5.41) is 8.92. The van der Waals surface area contributed by atoms with Crippen LogP contribution in [-0.4, -0.2) is 35.0 Å². The summed E-state index contributed by atoms with van der Waals surface area (Å²) in [5.41, 5.74) is 2.24. The van der Waals surface area contributed by atoms with Crippen molar-refractivity contribution in [3.05, 3.63) is 64.7 Å². The fraction of sp³-hybridized carbons (Fsp3) is 0.300. The van der Waals surface area contributed by atoms with Crippen LogP contribution < -0.4 is 4.74 Å². The molecule has 1 aliphatic heterocycles. The van der Waals surface area contributed by atoms with E-state index in [1.807, 2.05) is 12.1 Å². The van der Waals surface area contributed by atoms with Gasteiger partial charge in [0, 0.05) is 19.5 Å². The number of carbonyl (C=O) groups excluding carboxylic acids is 1. The first-order valence-corrected chi connectivity index (χ1v) is 8.60. The first-order chi connectivity index (χ1) is 12.9. The molecule has 0 atom stereocenters. The van der Waals surface area contributed by atoms with Crippen LogP contribution in [0.15, 0.2) is 36.4 Å². The molecule has 0 unspecified atom stereocenters. The number of carboxylic acid groups (broad SMARTS) is 1. The summed E-state index contributed by atoms with van der Waals surface area (Å²) in [6.07, 6.45) is 0.652. The Morgan fingerprint density at radius 1 is 1.07 bits per heavy atom. The molecule has 3 rings (SSSR count). The van der Waals surface area contributed by atoms with Crippen molar-refractivity contribution in [3.63, 3.8) is 0 Å². The lowest BCUT2D eigenvalue weighted by molar-refractivity contribution is -0.138. The van der Waals surface area contributed by atoms with Crippen molar-refractivity contribution < 1.29 is 28.2 Å². The van der Waals surface area contributed by atoms with E-state index >= 15 is 0 Å². The highest BCUT2D eigenvalue weighted by Gasteiger charge is 2.19. The lowest BCUT2D eigenvalue weighted by Gasteiger charge is -2.22. The topological polar surface area (TPSA) is 66.8 Å². The molecule has 0 aliphatic carbocycles. The van der Waals surface area contributed by atoms with Gasteiger partial charge in [-0.05, 0) is 34.9 Å². The maximum atomic E-state index is 13.4. The predicted octanol–water partition coefficient (Wildman–Crippen LogP) is 2.95. The van der Waals surface area contributed by atoms with Crippen molar-refractivity contribution in [1.82, 2.24) is 4.90 Å². The fourth-order valence-electron chi connectivity index (χ4n) is 3.02. The minimum Gasteiger partial charge on any atom is -0.493 e. The molecule has 0 bridgehead atoms. The van der Waals surface area contributed by atoms with Crippen LogP contribution in [0, 0.1) is 11.6 Å². The van der Waals surface area contributed by atoms with Crippen molar-refractivity contribution in [2.75, 3.05) is 13.2 Å². The molecular weight excluding hydrogens is 356 g/mol. The van der Waals surface area contributed by atoms with E-state index in [1.165, 1.54) is 11.0 Å². The second-order valence-corrected chi connectivity index (χ2v) is 6.42. The molecular formula is C20H19F2NO4. The Morgan fingerprint density at radius 3 is 2.59 bits per heavy atom. The summed E-state index contributed by atoms with van der Waals surface area (Å²) >= 11 is 0. The highest BCUT2D eigenvalue weighted by molar-refractivity contribution is 5.79. The van der Waals surface area contributed by atoms with Crippen molar-refractivity contribution in [2.24, 2.45) is 0 Å². The van der Waals surface area contributed by atoms with E-state index in [0.29, 0.717) is 12.2 Å². The van der Waals surface area contributed by atoms with Gasteiger partial charge in [-0.1, -0.05) is 18.2 Å². The Hall–Kier alpha value is -2.96. The van der Waals surface area contributed by atoms with Gasteiger partial charge in [0.1, 0.15) is 5.75 Å². The van der Waals surface area contributed by atoms with E-state index in [4.69, 9.17) is 9.84 Å². The number of hydrogen-bond donors (Lipinski definition) is 1. The lowest BCUT2D eigenvalue weighted by atomic mass is 10.1. The number of aliphatic carboxylic acids is 1. The molecule has 5 nitrogen and oxygen atoms in total. The van der Waals surface area contributed by atoms with Crippen molar-refractivity contribution >= 4 is 11.9 Å². The van der Waals surface area contributed by atoms with Crippen LogP contribution in [0.1, 0.15) is 23.1 Å². The normalized spacial score (nSPS) is 12.4. The van der Waals surface area contributed by atoms with Crippen LogP contribution in [0.3, 0.4) is 0 Å². The third-order valence-electron chi connectivity index (χ3n) is 4.41. The molecule has 1 N–H and O–H groups in total. The van der Waals surface area contributed by atoms with Crippen LogP contribution in [0.5, 0.6) is 5.75 Å². The second-order valence-electron chi connectivity index (χ2n) is 6.42. The van der Waals surface area contributed by atoms with Crippen LogP contribution in [0.25, 0.3) is 0 Å². The lowest BCUT2D eigenvalue weighted by Crippen LogP contribution is -2.33. The Balaban J connectivity index is 1.73. The molecule has 2 aromatic rings. The maximum absolute atomic E-state index is 13.4. The third-order valence-corrected chi connectivity index (χ3v) is 4.41. The van der Waals surface area contributed by atoms with E-state index in [-0.39, 0.29) is 31.8 Å². The highest BCUT2D eigenvalue weighted by atomic mass is 19.2. The molecule has 0 aromatic heterocycles.